The predicted octanol–water partition coefficient (Wildman–Crippen LogP) is 1.22. The van der Waals surface area contributed by atoms with E-state index in [1.165, 1.54) is 5.69 Å². The van der Waals surface area contributed by atoms with Crippen LogP contribution < -0.4 is 5.73 Å². The molecule has 1 aromatic rings. The van der Waals surface area contributed by atoms with Crippen LogP contribution >= 0.6 is 0 Å². The largest absolute Gasteiger partial charge is 0.335 e. The Morgan fingerprint density at radius 2 is 2.08 bits per heavy atom. The van der Waals surface area contributed by atoms with Crippen LogP contribution in [-0.4, -0.2) is 16.1 Å². The van der Waals surface area contributed by atoms with Crippen LogP contribution in [0.15, 0.2) is 6.20 Å². The summed E-state index contributed by atoms with van der Waals surface area (Å²) in [6.07, 6.45) is 2.80. The first-order valence-electron chi connectivity index (χ1n) is 4.68. The highest BCUT2D eigenvalue weighted by Gasteiger charge is 2.19. The van der Waals surface area contributed by atoms with Gasteiger partial charge in [0.05, 0.1) is 0 Å². The van der Waals surface area contributed by atoms with E-state index in [4.69, 9.17) is 5.73 Å². The van der Waals surface area contributed by atoms with Crippen LogP contribution in [0, 0.1) is 0 Å². The Hall–Kier alpha value is -0.830. The van der Waals surface area contributed by atoms with E-state index in [0.29, 0.717) is 6.54 Å². The highest BCUT2D eigenvalue weighted by molar-refractivity contribution is 5.14. The van der Waals surface area contributed by atoms with Gasteiger partial charge in [0, 0.05) is 30.8 Å². The number of hydrogen-bond acceptors (Lipinski definition) is 2. The lowest BCUT2D eigenvalue weighted by Gasteiger charge is -2.19. The summed E-state index contributed by atoms with van der Waals surface area (Å²) in [6, 6.07) is 0. The molecule has 0 unspecified atom stereocenters. The normalized spacial score (nSPS) is 12.1. The smallest absolute Gasteiger partial charge is 0.109 e. The Bertz CT molecular complexity index is 281. The molecular formula is C10H19N3. The topological polar surface area (TPSA) is 43.8 Å². The van der Waals surface area contributed by atoms with Crippen molar-refractivity contribution in [3.8, 4) is 0 Å². The third-order valence-electron chi connectivity index (χ3n) is 2.22. The van der Waals surface area contributed by atoms with E-state index in [0.717, 1.165) is 12.2 Å². The number of imidazole rings is 1. The van der Waals surface area contributed by atoms with Crippen molar-refractivity contribution in [1.29, 1.82) is 0 Å². The lowest BCUT2D eigenvalue weighted by molar-refractivity contribution is 0.536. The highest BCUT2D eigenvalue weighted by Crippen LogP contribution is 2.22. The van der Waals surface area contributed by atoms with Gasteiger partial charge in [-0.25, -0.2) is 4.98 Å². The average molecular weight is 181 g/mol. The molecule has 1 heterocycles. The van der Waals surface area contributed by atoms with Gasteiger partial charge in [0.25, 0.3) is 0 Å². The Morgan fingerprint density at radius 3 is 2.46 bits per heavy atom. The minimum absolute atomic E-state index is 0.161. The van der Waals surface area contributed by atoms with Crippen LogP contribution in [0.5, 0.6) is 0 Å². The van der Waals surface area contributed by atoms with Gasteiger partial charge in [-0.15, -0.1) is 0 Å². The van der Waals surface area contributed by atoms with Crippen molar-refractivity contribution in [2.75, 3.05) is 6.54 Å². The molecule has 0 aliphatic heterocycles. The van der Waals surface area contributed by atoms with Crippen molar-refractivity contribution < 1.29 is 0 Å². The van der Waals surface area contributed by atoms with Crippen LogP contribution in [0.25, 0.3) is 0 Å². The minimum Gasteiger partial charge on any atom is -0.335 e. The molecule has 13 heavy (non-hydrogen) atoms. The molecule has 0 radical (unpaired) electrons. The molecule has 0 bridgehead atoms. The molecule has 3 nitrogen and oxygen atoms in total. The molecule has 0 saturated carbocycles. The second kappa shape index (κ2) is 3.50. The molecule has 3 heteroatoms. The van der Waals surface area contributed by atoms with Crippen molar-refractivity contribution >= 4 is 0 Å². The first-order valence-corrected chi connectivity index (χ1v) is 4.68. The predicted molar refractivity (Wildman–Crippen MR) is 54.7 cm³/mol. The molecule has 1 aromatic heterocycles. The maximum atomic E-state index is 5.49. The summed E-state index contributed by atoms with van der Waals surface area (Å²) in [6.45, 7) is 7.23. The Morgan fingerprint density at radius 1 is 1.46 bits per heavy atom. The van der Waals surface area contributed by atoms with Crippen molar-refractivity contribution in [1.82, 2.24) is 9.55 Å². The summed E-state index contributed by atoms with van der Waals surface area (Å²) in [4.78, 5) is 4.35. The molecule has 0 saturated heterocycles. The summed E-state index contributed by atoms with van der Waals surface area (Å²) >= 11 is 0. The van der Waals surface area contributed by atoms with E-state index < -0.39 is 0 Å². The van der Waals surface area contributed by atoms with Crippen molar-refractivity contribution in [3.05, 3.63) is 17.7 Å². The molecule has 0 fully saturated rings. The van der Waals surface area contributed by atoms with Gasteiger partial charge in [-0.1, -0.05) is 20.8 Å². The first kappa shape index (κ1) is 10.3. The Balaban J connectivity index is 2.99. The lowest BCUT2D eigenvalue weighted by atomic mass is 9.93. The standard InChI is InChI=1S/C10H19N3/c1-10(2,3)8-7-12-9(5-6-11)13(8)4/h7H,5-6,11H2,1-4H3. The van der Waals surface area contributed by atoms with Gasteiger partial charge in [-0.05, 0) is 6.54 Å². The number of nitrogens with zero attached hydrogens (tertiary/aromatic N) is 2. The van der Waals surface area contributed by atoms with E-state index in [-0.39, 0.29) is 5.41 Å². The molecule has 0 aliphatic rings. The zero-order valence-electron chi connectivity index (χ0n) is 8.96. The second-order valence-corrected chi connectivity index (χ2v) is 4.41. The molecule has 0 spiro atoms. The monoisotopic (exact) mass is 181 g/mol. The van der Waals surface area contributed by atoms with Crippen molar-refractivity contribution in [3.63, 3.8) is 0 Å². The Labute approximate surface area is 80.0 Å². The maximum Gasteiger partial charge on any atom is 0.109 e. The zero-order valence-corrected chi connectivity index (χ0v) is 8.96. The second-order valence-electron chi connectivity index (χ2n) is 4.41. The van der Waals surface area contributed by atoms with E-state index in [9.17, 15) is 0 Å². The number of aromatic nitrogens is 2. The van der Waals surface area contributed by atoms with Gasteiger partial charge in [-0.2, -0.15) is 0 Å². The van der Waals surface area contributed by atoms with Gasteiger partial charge in [0.1, 0.15) is 5.82 Å². The number of nitrogens with two attached hydrogens (primary N) is 1. The summed E-state index contributed by atoms with van der Waals surface area (Å²) in [5.41, 5.74) is 6.92. The molecular weight excluding hydrogens is 162 g/mol. The molecule has 74 valence electrons. The summed E-state index contributed by atoms with van der Waals surface area (Å²) < 4.78 is 2.15. The minimum atomic E-state index is 0.161. The fraction of sp³-hybridized carbons (Fsp3) is 0.700. The third kappa shape index (κ3) is 2.10. The van der Waals surface area contributed by atoms with Crippen LogP contribution in [-0.2, 0) is 18.9 Å². The quantitative estimate of drug-likeness (QED) is 0.745. The van der Waals surface area contributed by atoms with Gasteiger partial charge in [-0.3, -0.25) is 0 Å². The third-order valence-corrected chi connectivity index (χ3v) is 2.22. The average Bonchev–Trinajstić information content (AvgIpc) is 2.32. The van der Waals surface area contributed by atoms with Gasteiger partial charge in [0.2, 0.25) is 0 Å². The van der Waals surface area contributed by atoms with E-state index >= 15 is 0 Å². The van der Waals surface area contributed by atoms with E-state index in [1.807, 2.05) is 6.20 Å². The molecule has 1 rings (SSSR count). The van der Waals surface area contributed by atoms with Crippen molar-refractivity contribution in [2.45, 2.75) is 32.6 Å². The fourth-order valence-corrected chi connectivity index (χ4v) is 1.51. The van der Waals surface area contributed by atoms with E-state index in [1.54, 1.807) is 0 Å². The highest BCUT2D eigenvalue weighted by atomic mass is 15.1. The van der Waals surface area contributed by atoms with Crippen LogP contribution in [0.2, 0.25) is 0 Å². The van der Waals surface area contributed by atoms with Gasteiger partial charge >= 0.3 is 0 Å². The van der Waals surface area contributed by atoms with Crippen LogP contribution in [0.3, 0.4) is 0 Å². The summed E-state index contributed by atoms with van der Waals surface area (Å²) in [5, 5.41) is 0. The van der Waals surface area contributed by atoms with Crippen LogP contribution in [0.1, 0.15) is 32.3 Å². The molecule has 0 amide bonds. The van der Waals surface area contributed by atoms with Gasteiger partial charge in [0.15, 0.2) is 0 Å². The maximum absolute atomic E-state index is 5.49. The summed E-state index contributed by atoms with van der Waals surface area (Å²) in [5.74, 6) is 1.08. The SMILES string of the molecule is Cn1c(C(C)(C)C)cnc1CCN. The molecule has 0 aromatic carbocycles. The van der Waals surface area contributed by atoms with Crippen LogP contribution in [0.4, 0.5) is 0 Å². The zero-order chi connectivity index (χ0) is 10.1. The van der Waals surface area contributed by atoms with E-state index in [2.05, 4.69) is 37.4 Å². The molecule has 0 atom stereocenters. The molecule has 0 aliphatic carbocycles. The Kier molecular flexibility index (Phi) is 2.76. The van der Waals surface area contributed by atoms with Crippen molar-refractivity contribution in [2.24, 2.45) is 12.8 Å². The fourth-order valence-electron chi connectivity index (χ4n) is 1.51. The lowest BCUT2D eigenvalue weighted by Crippen LogP contribution is -2.17. The summed E-state index contributed by atoms with van der Waals surface area (Å²) in [7, 11) is 2.05. The number of rotatable bonds is 2. The number of hydrogen-bond donors (Lipinski definition) is 1. The molecule has 2 N–H and O–H groups in total. The van der Waals surface area contributed by atoms with Gasteiger partial charge < -0.3 is 10.3 Å². The first-order chi connectivity index (χ1) is 5.96.